The van der Waals surface area contributed by atoms with E-state index < -0.39 is 0 Å². The van der Waals surface area contributed by atoms with Crippen LogP contribution in [0.4, 0.5) is 0 Å². The predicted octanol–water partition coefficient (Wildman–Crippen LogP) is 3.88. The molecule has 17 heavy (non-hydrogen) atoms. The zero-order valence-electron chi connectivity index (χ0n) is 10.1. The summed E-state index contributed by atoms with van der Waals surface area (Å²) in [6, 6.07) is 2.73. The molecule has 96 valence electrons. The Hall–Kier alpha value is 0.840. The second kappa shape index (κ2) is 6.85. The van der Waals surface area contributed by atoms with E-state index in [4.69, 9.17) is 0 Å². The molecule has 0 aromatic carbocycles. The van der Waals surface area contributed by atoms with Gasteiger partial charge in [0.2, 0.25) is 0 Å². The van der Waals surface area contributed by atoms with E-state index in [1.165, 1.54) is 20.9 Å². The lowest BCUT2D eigenvalue weighted by molar-refractivity contribution is 0.533. The summed E-state index contributed by atoms with van der Waals surface area (Å²) in [5.41, 5.74) is 0. The molecule has 1 saturated heterocycles. The van der Waals surface area contributed by atoms with Crippen molar-refractivity contribution in [3.8, 4) is 0 Å². The maximum absolute atomic E-state index is 3.63. The Bertz CT molecular complexity index is 355. The summed E-state index contributed by atoms with van der Waals surface area (Å²) < 4.78 is 1.27. The highest BCUT2D eigenvalue weighted by molar-refractivity contribution is 9.10. The van der Waals surface area contributed by atoms with Gasteiger partial charge in [-0.15, -0.1) is 11.3 Å². The minimum absolute atomic E-state index is 0.581. The first-order chi connectivity index (χ1) is 8.22. The zero-order chi connectivity index (χ0) is 12.3. The summed E-state index contributed by atoms with van der Waals surface area (Å²) in [7, 11) is 2.10. The summed E-state index contributed by atoms with van der Waals surface area (Å²) in [6.45, 7) is 2.37. The fraction of sp³-hybridized carbons (Fsp3) is 0.667. The standard InChI is InChI=1S/C12H18BrNS3/c1-8-12(17-6-5-15-8)10(14-2)7-11-9(13)3-4-16-11/h3-4,8,10,12,14H,5-7H2,1-2H3. The first-order valence-corrected chi connectivity index (χ1v) is 9.61. The summed E-state index contributed by atoms with van der Waals surface area (Å²) in [5.74, 6) is 2.60. The number of thiophene rings is 1. The fourth-order valence-electron chi connectivity index (χ4n) is 2.14. The van der Waals surface area contributed by atoms with Gasteiger partial charge in [0.25, 0.3) is 0 Å². The van der Waals surface area contributed by atoms with E-state index in [9.17, 15) is 0 Å². The molecular formula is C12H18BrNS3. The largest absolute Gasteiger partial charge is 0.315 e. The third kappa shape index (κ3) is 3.66. The second-order valence-corrected chi connectivity index (χ2v) is 8.83. The lowest BCUT2D eigenvalue weighted by Gasteiger charge is -2.34. The Labute approximate surface area is 125 Å². The van der Waals surface area contributed by atoms with Crippen LogP contribution in [0.15, 0.2) is 15.9 Å². The smallest absolute Gasteiger partial charge is 0.0321 e. The minimum atomic E-state index is 0.581. The summed E-state index contributed by atoms with van der Waals surface area (Å²) in [6.07, 6.45) is 1.14. The molecule has 1 fully saturated rings. The minimum Gasteiger partial charge on any atom is -0.315 e. The van der Waals surface area contributed by atoms with Crippen LogP contribution in [0.2, 0.25) is 0 Å². The van der Waals surface area contributed by atoms with Crippen molar-refractivity contribution in [1.82, 2.24) is 5.32 Å². The normalized spacial score (nSPS) is 27.0. The van der Waals surface area contributed by atoms with Crippen molar-refractivity contribution < 1.29 is 0 Å². The number of nitrogens with one attached hydrogen (secondary N) is 1. The molecule has 1 nitrogen and oxygen atoms in total. The van der Waals surface area contributed by atoms with Gasteiger partial charge in [-0.25, -0.2) is 0 Å². The van der Waals surface area contributed by atoms with Crippen molar-refractivity contribution in [3.63, 3.8) is 0 Å². The van der Waals surface area contributed by atoms with Gasteiger partial charge < -0.3 is 5.32 Å². The van der Waals surface area contributed by atoms with Crippen LogP contribution in [0.25, 0.3) is 0 Å². The van der Waals surface area contributed by atoms with Crippen LogP contribution >= 0.6 is 50.8 Å². The third-order valence-electron chi connectivity index (χ3n) is 3.10. The molecule has 1 aromatic heterocycles. The average Bonchev–Trinajstić information content (AvgIpc) is 2.73. The molecular weight excluding hydrogens is 334 g/mol. The van der Waals surface area contributed by atoms with Crippen molar-refractivity contribution in [2.45, 2.75) is 29.9 Å². The Morgan fingerprint density at radius 1 is 1.47 bits per heavy atom. The molecule has 5 heteroatoms. The van der Waals surface area contributed by atoms with Crippen LogP contribution in [0, 0.1) is 0 Å². The molecule has 1 aromatic rings. The highest BCUT2D eigenvalue weighted by atomic mass is 79.9. The van der Waals surface area contributed by atoms with E-state index in [-0.39, 0.29) is 0 Å². The van der Waals surface area contributed by atoms with Crippen LogP contribution in [0.5, 0.6) is 0 Å². The van der Waals surface area contributed by atoms with E-state index in [1.807, 2.05) is 11.3 Å². The van der Waals surface area contributed by atoms with Crippen molar-refractivity contribution in [2.24, 2.45) is 0 Å². The number of rotatable bonds is 4. The van der Waals surface area contributed by atoms with E-state index in [2.05, 4.69) is 70.2 Å². The molecule has 1 aliphatic rings. The number of halogens is 1. The van der Waals surface area contributed by atoms with Crippen LogP contribution in [0.1, 0.15) is 11.8 Å². The van der Waals surface area contributed by atoms with Crippen molar-refractivity contribution >= 4 is 50.8 Å². The Balaban J connectivity index is 2.03. The van der Waals surface area contributed by atoms with E-state index >= 15 is 0 Å². The van der Waals surface area contributed by atoms with Crippen LogP contribution in [-0.4, -0.2) is 35.1 Å². The maximum Gasteiger partial charge on any atom is 0.0321 e. The highest BCUT2D eigenvalue weighted by Crippen LogP contribution is 2.35. The van der Waals surface area contributed by atoms with Crippen LogP contribution in [-0.2, 0) is 6.42 Å². The lowest BCUT2D eigenvalue weighted by atomic mass is 10.1. The third-order valence-corrected chi connectivity index (χ3v) is 8.30. The highest BCUT2D eigenvalue weighted by Gasteiger charge is 2.30. The molecule has 0 aliphatic carbocycles. The Morgan fingerprint density at radius 2 is 2.24 bits per heavy atom. The van der Waals surface area contributed by atoms with Gasteiger partial charge >= 0.3 is 0 Å². The van der Waals surface area contributed by atoms with Crippen molar-refractivity contribution in [1.29, 1.82) is 0 Å². The van der Waals surface area contributed by atoms with Gasteiger partial charge in [0.1, 0.15) is 0 Å². The predicted molar refractivity (Wildman–Crippen MR) is 86.7 cm³/mol. The van der Waals surface area contributed by atoms with Gasteiger partial charge in [0, 0.05) is 37.4 Å². The molecule has 0 amide bonds. The molecule has 1 N–H and O–H groups in total. The molecule has 3 unspecified atom stereocenters. The van der Waals surface area contributed by atoms with Crippen LogP contribution in [0.3, 0.4) is 0 Å². The van der Waals surface area contributed by atoms with Crippen LogP contribution < -0.4 is 5.32 Å². The molecule has 0 radical (unpaired) electrons. The van der Waals surface area contributed by atoms with Gasteiger partial charge in [-0.3, -0.25) is 0 Å². The fourth-order valence-corrected chi connectivity index (χ4v) is 6.72. The monoisotopic (exact) mass is 351 g/mol. The van der Waals surface area contributed by atoms with E-state index in [0.29, 0.717) is 6.04 Å². The quantitative estimate of drug-likeness (QED) is 0.883. The summed E-state index contributed by atoms with van der Waals surface area (Å²) in [4.78, 5) is 1.47. The number of thioether (sulfide) groups is 2. The topological polar surface area (TPSA) is 12.0 Å². The van der Waals surface area contributed by atoms with E-state index in [1.54, 1.807) is 0 Å². The maximum atomic E-state index is 3.63. The summed E-state index contributed by atoms with van der Waals surface area (Å²) >= 11 is 9.74. The molecule has 0 bridgehead atoms. The van der Waals surface area contributed by atoms with Crippen molar-refractivity contribution in [3.05, 3.63) is 20.8 Å². The summed E-state index contributed by atoms with van der Waals surface area (Å²) in [5, 5.41) is 7.17. The molecule has 2 rings (SSSR count). The second-order valence-electron chi connectivity index (χ2n) is 4.20. The van der Waals surface area contributed by atoms with Crippen molar-refractivity contribution in [2.75, 3.05) is 18.6 Å². The number of hydrogen-bond acceptors (Lipinski definition) is 4. The lowest BCUT2D eigenvalue weighted by Crippen LogP contribution is -2.44. The molecule has 2 heterocycles. The number of likely N-dealkylation sites (N-methyl/N-ethyl adjacent to an activating group) is 1. The molecule has 3 atom stereocenters. The molecule has 0 spiro atoms. The van der Waals surface area contributed by atoms with Gasteiger partial charge in [0.15, 0.2) is 0 Å². The Morgan fingerprint density at radius 3 is 2.82 bits per heavy atom. The molecule has 1 aliphatic heterocycles. The zero-order valence-corrected chi connectivity index (χ0v) is 14.1. The first-order valence-electron chi connectivity index (χ1n) is 5.84. The van der Waals surface area contributed by atoms with E-state index in [0.717, 1.165) is 16.9 Å². The Kier molecular flexibility index (Phi) is 5.74. The first kappa shape index (κ1) is 14.3. The van der Waals surface area contributed by atoms with Gasteiger partial charge in [-0.1, -0.05) is 6.92 Å². The molecule has 0 saturated carbocycles. The van der Waals surface area contributed by atoms with Gasteiger partial charge in [-0.05, 0) is 40.8 Å². The SMILES string of the molecule is CNC(Cc1sccc1Br)C1SCCSC1C. The average molecular weight is 352 g/mol. The van der Waals surface area contributed by atoms with Gasteiger partial charge in [0.05, 0.1) is 0 Å². The number of hydrogen-bond donors (Lipinski definition) is 1. The van der Waals surface area contributed by atoms with Gasteiger partial charge in [-0.2, -0.15) is 23.5 Å².